The molecule has 1 N–H and O–H groups in total. The van der Waals surface area contributed by atoms with E-state index in [1.807, 2.05) is 12.4 Å². The van der Waals surface area contributed by atoms with Crippen LogP contribution in [0.1, 0.15) is 26.6 Å². The van der Waals surface area contributed by atoms with Gasteiger partial charge in [-0.2, -0.15) is 0 Å². The predicted molar refractivity (Wildman–Crippen MR) is 72.6 cm³/mol. The van der Waals surface area contributed by atoms with E-state index < -0.39 is 0 Å². The quantitative estimate of drug-likeness (QED) is 0.878. The third-order valence-electron chi connectivity index (χ3n) is 3.53. The van der Waals surface area contributed by atoms with Crippen molar-refractivity contribution in [2.45, 2.75) is 32.7 Å². The van der Waals surface area contributed by atoms with Crippen molar-refractivity contribution in [3.63, 3.8) is 0 Å². The zero-order chi connectivity index (χ0) is 12.8. The van der Waals surface area contributed by atoms with Crippen molar-refractivity contribution in [3.8, 4) is 0 Å². The van der Waals surface area contributed by atoms with Crippen molar-refractivity contribution in [2.24, 2.45) is 5.92 Å². The molecule has 18 heavy (non-hydrogen) atoms. The second-order valence-electron chi connectivity index (χ2n) is 6.13. The second-order valence-corrected chi connectivity index (χ2v) is 6.13. The number of aromatic nitrogens is 3. The van der Waals surface area contributed by atoms with E-state index in [2.05, 4.69) is 41.7 Å². The highest BCUT2D eigenvalue weighted by Crippen LogP contribution is 2.26. The van der Waals surface area contributed by atoms with Crippen LogP contribution >= 0.6 is 0 Å². The zero-order valence-corrected chi connectivity index (χ0v) is 11.3. The average molecular weight is 244 g/mol. The van der Waals surface area contributed by atoms with E-state index in [0.29, 0.717) is 0 Å². The topological polar surface area (TPSA) is 42.7 Å². The Balaban J connectivity index is 2.10. The first kappa shape index (κ1) is 11.7. The van der Waals surface area contributed by atoms with Crippen LogP contribution in [0.25, 0.3) is 11.0 Å². The first-order chi connectivity index (χ1) is 8.55. The van der Waals surface area contributed by atoms with Crippen molar-refractivity contribution < 1.29 is 0 Å². The second kappa shape index (κ2) is 4.05. The minimum Gasteiger partial charge on any atom is -0.322 e. The number of imidazole rings is 1. The van der Waals surface area contributed by atoms with Gasteiger partial charge in [-0.15, -0.1) is 0 Å². The molecule has 0 bridgehead atoms. The van der Waals surface area contributed by atoms with Crippen molar-refractivity contribution in [1.82, 2.24) is 19.9 Å². The molecule has 0 aliphatic carbocycles. The molecule has 2 aromatic heterocycles. The molecule has 1 fully saturated rings. The standard InChI is InChI=1S/C14H20N4/c1-14(2,3)18-12-4-5-15-9-11(12)17-13(18)6-10-7-16-8-10/h4-5,9-10,16H,6-8H2,1-3H3. The van der Waals surface area contributed by atoms with Gasteiger partial charge in [0.1, 0.15) is 11.3 Å². The summed E-state index contributed by atoms with van der Waals surface area (Å²) >= 11 is 0. The van der Waals surface area contributed by atoms with Gasteiger partial charge in [-0.1, -0.05) is 0 Å². The summed E-state index contributed by atoms with van der Waals surface area (Å²) < 4.78 is 2.36. The van der Waals surface area contributed by atoms with Gasteiger partial charge in [0.25, 0.3) is 0 Å². The zero-order valence-electron chi connectivity index (χ0n) is 11.3. The number of fused-ring (bicyclic) bond motifs is 1. The van der Waals surface area contributed by atoms with Gasteiger partial charge in [0, 0.05) is 18.2 Å². The van der Waals surface area contributed by atoms with Crippen LogP contribution in [0.3, 0.4) is 0 Å². The summed E-state index contributed by atoms with van der Waals surface area (Å²) in [6.45, 7) is 8.93. The van der Waals surface area contributed by atoms with E-state index in [4.69, 9.17) is 4.98 Å². The van der Waals surface area contributed by atoms with Crippen molar-refractivity contribution in [2.75, 3.05) is 13.1 Å². The Kier molecular flexibility index (Phi) is 2.63. The van der Waals surface area contributed by atoms with Crippen LogP contribution in [-0.2, 0) is 12.0 Å². The number of nitrogens with one attached hydrogen (secondary N) is 1. The van der Waals surface area contributed by atoms with E-state index >= 15 is 0 Å². The number of nitrogens with zero attached hydrogens (tertiary/aromatic N) is 3. The molecule has 1 saturated heterocycles. The Hall–Kier alpha value is -1.42. The molecule has 1 aliphatic heterocycles. The lowest BCUT2D eigenvalue weighted by molar-refractivity contribution is 0.321. The maximum atomic E-state index is 4.77. The average Bonchev–Trinajstić information content (AvgIpc) is 2.60. The molecule has 4 nitrogen and oxygen atoms in total. The van der Waals surface area contributed by atoms with E-state index in [0.717, 1.165) is 30.9 Å². The maximum absolute atomic E-state index is 4.77. The Morgan fingerprint density at radius 3 is 2.78 bits per heavy atom. The van der Waals surface area contributed by atoms with Gasteiger partial charge in [0.2, 0.25) is 0 Å². The van der Waals surface area contributed by atoms with Crippen LogP contribution in [0.2, 0.25) is 0 Å². The smallest absolute Gasteiger partial charge is 0.110 e. The fourth-order valence-electron chi connectivity index (χ4n) is 2.62. The van der Waals surface area contributed by atoms with Crippen LogP contribution in [0, 0.1) is 5.92 Å². The molecular weight excluding hydrogens is 224 g/mol. The number of hydrogen-bond acceptors (Lipinski definition) is 3. The van der Waals surface area contributed by atoms with Crippen LogP contribution in [0.4, 0.5) is 0 Å². The molecule has 1 aliphatic rings. The minimum atomic E-state index is 0.0581. The summed E-state index contributed by atoms with van der Waals surface area (Å²) in [4.78, 5) is 8.95. The highest BCUT2D eigenvalue weighted by atomic mass is 15.1. The highest BCUT2D eigenvalue weighted by molar-refractivity contribution is 5.75. The molecule has 0 radical (unpaired) electrons. The monoisotopic (exact) mass is 244 g/mol. The number of pyridine rings is 1. The molecule has 3 rings (SSSR count). The Bertz CT molecular complexity index is 561. The third kappa shape index (κ3) is 1.90. The first-order valence-corrected chi connectivity index (χ1v) is 6.58. The van der Waals surface area contributed by atoms with Crippen LogP contribution in [0.15, 0.2) is 18.5 Å². The minimum absolute atomic E-state index is 0.0581. The largest absolute Gasteiger partial charge is 0.322 e. The Labute approximate surface area is 107 Å². The molecule has 0 aromatic carbocycles. The Morgan fingerprint density at radius 1 is 1.39 bits per heavy atom. The summed E-state index contributed by atoms with van der Waals surface area (Å²) in [7, 11) is 0. The molecule has 0 atom stereocenters. The first-order valence-electron chi connectivity index (χ1n) is 6.58. The highest BCUT2D eigenvalue weighted by Gasteiger charge is 2.25. The Morgan fingerprint density at radius 2 is 2.17 bits per heavy atom. The van der Waals surface area contributed by atoms with E-state index in [-0.39, 0.29) is 5.54 Å². The lowest BCUT2D eigenvalue weighted by atomic mass is 9.98. The maximum Gasteiger partial charge on any atom is 0.110 e. The van der Waals surface area contributed by atoms with E-state index in [1.54, 1.807) is 0 Å². The lowest BCUT2D eigenvalue weighted by Crippen LogP contribution is -2.43. The molecule has 96 valence electrons. The molecule has 0 amide bonds. The molecular formula is C14H20N4. The van der Waals surface area contributed by atoms with Crippen LogP contribution in [0.5, 0.6) is 0 Å². The summed E-state index contributed by atoms with van der Waals surface area (Å²) in [5, 5.41) is 3.32. The normalized spacial score (nSPS) is 17.1. The molecule has 0 spiro atoms. The van der Waals surface area contributed by atoms with E-state index in [1.165, 1.54) is 11.3 Å². The molecule has 0 unspecified atom stereocenters. The van der Waals surface area contributed by atoms with Crippen molar-refractivity contribution in [1.29, 1.82) is 0 Å². The number of rotatable bonds is 2. The summed E-state index contributed by atoms with van der Waals surface area (Å²) in [5.41, 5.74) is 2.26. The van der Waals surface area contributed by atoms with Gasteiger partial charge in [-0.25, -0.2) is 4.98 Å². The van der Waals surface area contributed by atoms with Gasteiger partial charge < -0.3 is 9.88 Å². The summed E-state index contributed by atoms with van der Waals surface area (Å²) in [6, 6.07) is 2.07. The fourth-order valence-corrected chi connectivity index (χ4v) is 2.62. The van der Waals surface area contributed by atoms with Gasteiger partial charge in [-0.05, 0) is 45.8 Å². The van der Waals surface area contributed by atoms with Crippen molar-refractivity contribution in [3.05, 3.63) is 24.3 Å². The fraction of sp³-hybridized carbons (Fsp3) is 0.571. The van der Waals surface area contributed by atoms with Gasteiger partial charge in [0.15, 0.2) is 0 Å². The number of hydrogen-bond donors (Lipinski definition) is 1. The molecule has 2 aromatic rings. The van der Waals surface area contributed by atoms with Gasteiger partial charge in [0.05, 0.1) is 11.7 Å². The lowest BCUT2D eigenvalue weighted by Gasteiger charge is -2.30. The van der Waals surface area contributed by atoms with Crippen LogP contribution in [-0.4, -0.2) is 27.6 Å². The summed E-state index contributed by atoms with van der Waals surface area (Å²) in [5.74, 6) is 1.92. The van der Waals surface area contributed by atoms with Gasteiger partial charge in [-0.3, -0.25) is 4.98 Å². The van der Waals surface area contributed by atoms with E-state index in [9.17, 15) is 0 Å². The van der Waals surface area contributed by atoms with Crippen LogP contribution < -0.4 is 5.32 Å². The van der Waals surface area contributed by atoms with Crippen molar-refractivity contribution >= 4 is 11.0 Å². The van der Waals surface area contributed by atoms with Gasteiger partial charge >= 0.3 is 0 Å². The molecule has 3 heterocycles. The molecule has 4 heteroatoms. The predicted octanol–water partition coefficient (Wildman–Crippen LogP) is 1.95. The third-order valence-corrected chi connectivity index (χ3v) is 3.53. The molecule has 0 saturated carbocycles. The SMILES string of the molecule is CC(C)(C)n1c(CC2CNC2)nc2cnccc21. The summed E-state index contributed by atoms with van der Waals surface area (Å²) in [6.07, 6.45) is 4.76.